The van der Waals surface area contributed by atoms with Crippen molar-refractivity contribution in [3.63, 3.8) is 0 Å². The number of hydrogen-bond donors (Lipinski definition) is 1. The molecule has 0 heterocycles. The van der Waals surface area contributed by atoms with Crippen LogP contribution in [-0.2, 0) is 4.79 Å². The van der Waals surface area contributed by atoms with Crippen molar-refractivity contribution in [1.29, 1.82) is 0 Å². The minimum absolute atomic E-state index is 0.00212. The van der Waals surface area contributed by atoms with E-state index in [0.717, 1.165) is 6.07 Å². The highest BCUT2D eigenvalue weighted by Gasteiger charge is 2.76. The Bertz CT molecular complexity index is 612. The molecular weight excluding hydrogens is 347 g/mol. The fourth-order valence-electron chi connectivity index (χ4n) is 2.90. The fourth-order valence-corrected chi connectivity index (χ4v) is 3.92. The Balaban J connectivity index is 1.94. The van der Waals surface area contributed by atoms with Gasteiger partial charge in [0.15, 0.2) is 11.6 Å². The van der Waals surface area contributed by atoms with Gasteiger partial charge < -0.3 is 10.1 Å². The Kier molecular flexibility index (Phi) is 5.12. The lowest BCUT2D eigenvalue weighted by Gasteiger charge is -2.21. The highest BCUT2D eigenvalue weighted by atomic mass is 35.5. The van der Waals surface area contributed by atoms with Gasteiger partial charge in [-0.2, -0.15) is 4.39 Å². The minimum atomic E-state index is -1.08. The molecule has 0 aromatic heterocycles. The molecule has 1 N–H and O–H groups in total. The molecule has 0 unspecified atom stereocenters. The average molecular weight is 366 g/mol. The molecule has 0 bridgehead atoms. The zero-order chi connectivity index (χ0) is 17.4. The maximum atomic E-state index is 13.5. The van der Waals surface area contributed by atoms with Gasteiger partial charge in [-0.25, -0.2) is 4.39 Å². The van der Waals surface area contributed by atoms with Crippen molar-refractivity contribution < 1.29 is 18.3 Å². The zero-order valence-corrected chi connectivity index (χ0v) is 14.6. The topological polar surface area (TPSA) is 38.3 Å². The van der Waals surface area contributed by atoms with Gasteiger partial charge in [0.25, 0.3) is 0 Å². The molecule has 1 aliphatic carbocycles. The normalized spacial score (nSPS) is 26.5. The van der Waals surface area contributed by atoms with Crippen LogP contribution in [0.2, 0.25) is 0 Å². The second kappa shape index (κ2) is 6.44. The van der Waals surface area contributed by atoms with Gasteiger partial charge in [0.05, 0.1) is 11.5 Å². The van der Waals surface area contributed by atoms with Crippen LogP contribution in [0.25, 0.3) is 0 Å². The number of ether oxygens (including phenoxy) is 1. The van der Waals surface area contributed by atoms with E-state index in [0.29, 0.717) is 6.42 Å². The molecule has 1 aromatic rings. The molecular formula is C16H19Cl2F2NO2. The van der Waals surface area contributed by atoms with Crippen molar-refractivity contribution in [3.8, 4) is 5.75 Å². The van der Waals surface area contributed by atoms with Crippen LogP contribution < -0.4 is 10.1 Å². The highest BCUT2D eigenvalue weighted by molar-refractivity contribution is 6.53. The maximum Gasteiger partial charge on any atom is 0.229 e. The molecule has 3 nitrogen and oxygen atoms in total. The molecule has 0 saturated heterocycles. The third-order valence-corrected chi connectivity index (χ3v) is 5.87. The van der Waals surface area contributed by atoms with Crippen LogP contribution in [0.5, 0.6) is 5.75 Å². The Morgan fingerprint density at radius 1 is 1.43 bits per heavy atom. The minimum Gasteiger partial charge on any atom is -0.488 e. The van der Waals surface area contributed by atoms with Crippen LogP contribution in [0.3, 0.4) is 0 Å². The van der Waals surface area contributed by atoms with Crippen molar-refractivity contribution in [2.75, 3.05) is 6.61 Å². The number of amides is 1. The van der Waals surface area contributed by atoms with E-state index in [4.69, 9.17) is 27.9 Å². The maximum absolute atomic E-state index is 13.5. The van der Waals surface area contributed by atoms with Crippen LogP contribution >= 0.6 is 23.2 Å². The van der Waals surface area contributed by atoms with Gasteiger partial charge in [0.1, 0.15) is 10.9 Å². The van der Waals surface area contributed by atoms with E-state index in [1.54, 1.807) is 6.92 Å². The lowest BCUT2D eigenvalue weighted by Crippen LogP contribution is -2.43. The first kappa shape index (κ1) is 18.3. The number of carbonyl (C=O) groups excluding carboxylic acids is 1. The molecule has 0 aliphatic heterocycles. The number of hydrogen-bond acceptors (Lipinski definition) is 2. The molecule has 1 aromatic carbocycles. The predicted octanol–water partition coefficient (Wildman–Crippen LogP) is 4.07. The van der Waals surface area contributed by atoms with Gasteiger partial charge in [0.2, 0.25) is 11.7 Å². The first-order valence-corrected chi connectivity index (χ1v) is 8.19. The second-order valence-corrected chi connectivity index (χ2v) is 7.29. The molecule has 0 radical (unpaired) electrons. The lowest BCUT2D eigenvalue weighted by atomic mass is 9.99. The predicted molar refractivity (Wildman–Crippen MR) is 85.8 cm³/mol. The third kappa shape index (κ3) is 3.01. The first-order valence-electron chi connectivity index (χ1n) is 7.44. The average Bonchev–Trinajstić information content (AvgIpc) is 2.94. The number of halogens is 4. The molecule has 2 rings (SSSR count). The van der Waals surface area contributed by atoms with Crippen molar-refractivity contribution in [2.24, 2.45) is 11.3 Å². The highest BCUT2D eigenvalue weighted by Crippen LogP contribution is 2.70. The summed E-state index contributed by atoms with van der Waals surface area (Å²) in [5, 5.41) is 2.77. The second-order valence-electron chi connectivity index (χ2n) is 5.91. The van der Waals surface area contributed by atoms with E-state index in [2.05, 4.69) is 5.32 Å². The van der Waals surface area contributed by atoms with Gasteiger partial charge in [-0.3, -0.25) is 4.79 Å². The van der Waals surface area contributed by atoms with Crippen molar-refractivity contribution in [2.45, 2.75) is 37.6 Å². The Labute approximate surface area is 144 Å². The number of rotatable bonds is 6. The van der Waals surface area contributed by atoms with Crippen LogP contribution in [0.4, 0.5) is 8.78 Å². The van der Waals surface area contributed by atoms with E-state index in [1.807, 2.05) is 13.8 Å². The van der Waals surface area contributed by atoms with E-state index < -0.39 is 27.4 Å². The molecule has 0 spiro atoms. The Morgan fingerprint density at radius 2 is 2.04 bits per heavy atom. The Hall–Kier alpha value is -1.07. The third-order valence-electron chi connectivity index (χ3n) is 4.54. The SMILES string of the molecule is CC[C@]1(C(=O)N[C@H](C)COc2cccc(F)c2F)[C@@H](C)C1(Cl)Cl. The summed E-state index contributed by atoms with van der Waals surface area (Å²) in [5.41, 5.74) is -0.825. The van der Waals surface area contributed by atoms with Gasteiger partial charge >= 0.3 is 0 Å². The van der Waals surface area contributed by atoms with E-state index >= 15 is 0 Å². The van der Waals surface area contributed by atoms with Crippen LogP contribution in [0.1, 0.15) is 27.2 Å². The van der Waals surface area contributed by atoms with Gasteiger partial charge in [-0.05, 0) is 25.5 Å². The zero-order valence-electron chi connectivity index (χ0n) is 13.1. The van der Waals surface area contributed by atoms with Gasteiger partial charge in [-0.15, -0.1) is 23.2 Å². The smallest absolute Gasteiger partial charge is 0.229 e. The molecule has 1 amide bonds. The lowest BCUT2D eigenvalue weighted by molar-refractivity contribution is -0.127. The van der Waals surface area contributed by atoms with E-state index in [-0.39, 0.29) is 24.2 Å². The standard InChI is InChI=1S/C16H19Cl2F2NO2/c1-4-15(10(3)16(15,17)18)14(22)21-9(2)8-23-12-7-5-6-11(19)13(12)20/h5-7,9-10H,4,8H2,1-3H3,(H,21,22)/t9-,10-,15-/m1/s1. The monoisotopic (exact) mass is 365 g/mol. The number of nitrogens with one attached hydrogen (secondary N) is 1. The van der Waals surface area contributed by atoms with Gasteiger partial charge in [0, 0.05) is 5.92 Å². The molecule has 23 heavy (non-hydrogen) atoms. The van der Waals surface area contributed by atoms with Crippen LogP contribution in [0, 0.1) is 23.0 Å². The van der Waals surface area contributed by atoms with Gasteiger partial charge in [-0.1, -0.05) is 19.9 Å². The van der Waals surface area contributed by atoms with Crippen molar-refractivity contribution in [1.82, 2.24) is 5.32 Å². The fraction of sp³-hybridized carbons (Fsp3) is 0.562. The molecule has 128 valence electrons. The Morgan fingerprint density at radius 3 is 2.57 bits per heavy atom. The molecule has 1 saturated carbocycles. The summed E-state index contributed by atoms with van der Waals surface area (Å²) in [6.07, 6.45) is 0.513. The summed E-state index contributed by atoms with van der Waals surface area (Å²) < 4.78 is 30.7. The summed E-state index contributed by atoms with van der Waals surface area (Å²) in [6, 6.07) is 3.27. The number of carbonyl (C=O) groups is 1. The molecule has 1 aliphatic rings. The van der Waals surface area contributed by atoms with Crippen molar-refractivity contribution >= 4 is 29.1 Å². The van der Waals surface area contributed by atoms with Crippen LogP contribution in [-0.4, -0.2) is 22.9 Å². The summed E-state index contributed by atoms with van der Waals surface area (Å²) in [4.78, 5) is 12.5. The van der Waals surface area contributed by atoms with Crippen molar-refractivity contribution in [3.05, 3.63) is 29.8 Å². The summed E-state index contributed by atoms with van der Waals surface area (Å²) in [5.74, 6) is -2.64. The summed E-state index contributed by atoms with van der Waals surface area (Å²) in [6.45, 7) is 5.38. The van der Waals surface area contributed by atoms with Crippen LogP contribution in [0.15, 0.2) is 18.2 Å². The molecule has 3 atom stereocenters. The summed E-state index contributed by atoms with van der Waals surface area (Å²) in [7, 11) is 0. The first-order chi connectivity index (χ1) is 10.7. The van der Waals surface area contributed by atoms with E-state index in [9.17, 15) is 13.6 Å². The molecule has 7 heteroatoms. The van der Waals surface area contributed by atoms with E-state index in [1.165, 1.54) is 12.1 Å². The number of benzene rings is 1. The quantitative estimate of drug-likeness (QED) is 0.771. The largest absolute Gasteiger partial charge is 0.488 e. The number of alkyl halides is 2. The summed E-state index contributed by atoms with van der Waals surface area (Å²) >= 11 is 12.4. The molecule has 1 fully saturated rings.